The van der Waals surface area contributed by atoms with E-state index in [0.29, 0.717) is 28.3 Å². The van der Waals surface area contributed by atoms with E-state index in [1.54, 1.807) is 35.9 Å². The fourth-order valence-corrected chi connectivity index (χ4v) is 4.67. The van der Waals surface area contributed by atoms with Gasteiger partial charge < -0.3 is 15.0 Å². The largest absolute Gasteiger partial charge is 0.486 e. The van der Waals surface area contributed by atoms with Gasteiger partial charge in [-0.1, -0.05) is 28.4 Å². The number of thiazole rings is 1. The van der Waals surface area contributed by atoms with Gasteiger partial charge >= 0.3 is 0 Å². The molecule has 9 nitrogen and oxygen atoms in total. The Hall–Kier alpha value is -2.82. The van der Waals surface area contributed by atoms with E-state index in [1.165, 1.54) is 6.34 Å². The maximum atomic E-state index is 6.62. The van der Waals surface area contributed by atoms with Crippen LogP contribution in [0.1, 0.15) is 29.5 Å². The Labute approximate surface area is 199 Å². The molecule has 0 aliphatic carbocycles. The van der Waals surface area contributed by atoms with Gasteiger partial charge in [-0.05, 0) is 31.0 Å². The molecule has 2 aromatic heterocycles. The lowest BCUT2D eigenvalue weighted by Gasteiger charge is -2.31. The quantitative estimate of drug-likeness (QED) is 0.184. The van der Waals surface area contributed by atoms with Crippen molar-refractivity contribution in [3.8, 4) is 5.75 Å². The third-order valence-corrected chi connectivity index (χ3v) is 6.50. The van der Waals surface area contributed by atoms with Crippen molar-refractivity contribution in [1.29, 1.82) is 5.53 Å². The summed E-state index contributed by atoms with van der Waals surface area (Å²) in [6, 6.07) is 5.30. The number of ether oxygens (including phenoxy) is 1. The summed E-state index contributed by atoms with van der Waals surface area (Å²) in [6.45, 7) is 2.11. The number of benzene rings is 1. The molecule has 3 heterocycles. The van der Waals surface area contributed by atoms with Crippen LogP contribution in [-0.2, 0) is 6.61 Å². The van der Waals surface area contributed by atoms with Crippen LogP contribution in [0.4, 0.5) is 11.6 Å². The second kappa shape index (κ2) is 10.7. The minimum Gasteiger partial charge on any atom is -0.486 e. The van der Waals surface area contributed by atoms with E-state index >= 15 is 0 Å². The average molecular weight is 491 g/mol. The smallest absolute Gasteiger partial charge is 0.225 e. The molecule has 0 bridgehead atoms. The molecule has 1 aromatic carbocycles. The van der Waals surface area contributed by atoms with Gasteiger partial charge in [-0.3, -0.25) is 0 Å². The first-order valence-corrected chi connectivity index (χ1v) is 11.5. The first-order valence-electron chi connectivity index (χ1n) is 9.86. The highest BCUT2D eigenvalue weighted by Crippen LogP contribution is 2.32. The van der Waals surface area contributed by atoms with Crippen molar-refractivity contribution in [2.45, 2.75) is 25.4 Å². The Morgan fingerprint density at radius 2 is 2.03 bits per heavy atom. The topological polar surface area (TPSA) is 112 Å². The highest BCUT2D eigenvalue weighted by Gasteiger charge is 2.24. The maximum Gasteiger partial charge on any atom is 0.225 e. The normalized spacial score (nSPS) is 14.6. The molecular formula is C20H20Cl2N8OS. The number of aromatic nitrogens is 3. The highest BCUT2D eigenvalue weighted by atomic mass is 35.5. The van der Waals surface area contributed by atoms with Crippen LogP contribution in [0.15, 0.2) is 46.3 Å². The summed E-state index contributed by atoms with van der Waals surface area (Å²) >= 11 is 13.8. The predicted molar refractivity (Wildman–Crippen MR) is 126 cm³/mol. The van der Waals surface area contributed by atoms with Gasteiger partial charge in [0.25, 0.3) is 0 Å². The van der Waals surface area contributed by atoms with Crippen LogP contribution in [0.2, 0.25) is 10.0 Å². The SMILES string of the molecule is N=N/N=C\Nc1ccc(OCc2csc(C3CCN(c4ncc(Cl)cn4)CC3)n2)c(Cl)c1. The molecule has 0 saturated carbocycles. The molecule has 0 atom stereocenters. The van der Waals surface area contributed by atoms with Crippen LogP contribution < -0.4 is 15.0 Å². The fourth-order valence-electron chi connectivity index (χ4n) is 3.36. The van der Waals surface area contributed by atoms with Crippen LogP contribution in [-0.4, -0.2) is 34.4 Å². The van der Waals surface area contributed by atoms with Gasteiger partial charge in [0.05, 0.1) is 33.1 Å². The van der Waals surface area contributed by atoms with E-state index < -0.39 is 0 Å². The highest BCUT2D eigenvalue weighted by molar-refractivity contribution is 7.09. The van der Waals surface area contributed by atoms with Crippen LogP contribution in [0.25, 0.3) is 0 Å². The summed E-state index contributed by atoms with van der Waals surface area (Å²) < 4.78 is 5.86. The molecule has 1 fully saturated rings. The first kappa shape index (κ1) is 22.4. The van der Waals surface area contributed by atoms with Crippen molar-refractivity contribution < 1.29 is 4.74 Å². The van der Waals surface area contributed by atoms with Gasteiger partial charge in [0, 0.05) is 30.1 Å². The molecule has 2 N–H and O–H groups in total. The summed E-state index contributed by atoms with van der Waals surface area (Å²) in [5.41, 5.74) is 8.23. The zero-order chi connectivity index (χ0) is 22.3. The summed E-state index contributed by atoms with van der Waals surface area (Å²) in [5.74, 6) is 1.71. The molecule has 12 heteroatoms. The molecule has 32 heavy (non-hydrogen) atoms. The Kier molecular flexibility index (Phi) is 7.46. The van der Waals surface area contributed by atoms with E-state index in [-0.39, 0.29) is 0 Å². The monoisotopic (exact) mass is 490 g/mol. The van der Waals surface area contributed by atoms with Crippen molar-refractivity contribution in [1.82, 2.24) is 15.0 Å². The Morgan fingerprint density at radius 3 is 2.75 bits per heavy atom. The molecule has 3 aromatic rings. The fraction of sp³-hybridized carbons (Fsp3) is 0.300. The van der Waals surface area contributed by atoms with E-state index in [4.69, 9.17) is 38.5 Å². The summed E-state index contributed by atoms with van der Waals surface area (Å²) in [7, 11) is 0. The molecule has 166 valence electrons. The van der Waals surface area contributed by atoms with E-state index in [9.17, 15) is 0 Å². The predicted octanol–water partition coefficient (Wildman–Crippen LogP) is 5.59. The van der Waals surface area contributed by atoms with Gasteiger partial charge in [0.15, 0.2) is 0 Å². The number of nitrogens with one attached hydrogen (secondary N) is 2. The number of piperidine rings is 1. The summed E-state index contributed by atoms with van der Waals surface area (Å²) in [4.78, 5) is 15.6. The Bertz CT molecular complexity index is 1080. The molecule has 0 unspecified atom stereocenters. The zero-order valence-corrected chi connectivity index (χ0v) is 19.2. The number of nitrogens with zero attached hydrogens (tertiary/aromatic N) is 6. The van der Waals surface area contributed by atoms with Crippen molar-refractivity contribution in [3.63, 3.8) is 0 Å². The van der Waals surface area contributed by atoms with E-state index in [2.05, 4.69) is 30.5 Å². The lowest BCUT2D eigenvalue weighted by molar-refractivity contribution is 0.302. The van der Waals surface area contributed by atoms with Crippen molar-refractivity contribution in [2.75, 3.05) is 23.3 Å². The number of rotatable bonds is 8. The molecule has 1 aliphatic heterocycles. The Morgan fingerprint density at radius 1 is 1.25 bits per heavy atom. The maximum absolute atomic E-state index is 6.62. The Balaban J connectivity index is 1.29. The third-order valence-electron chi connectivity index (χ3n) is 4.96. The molecule has 1 saturated heterocycles. The van der Waals surface area contributed by atoms with Gasteiger partial charge in [0.1, 0.15) is 18.7 Å². The molecule has 0 spiro atoms. The molecule has 0 amide bonds. The lowest BCUT2D eigenvalue weighted by Crippen LogP contribution is -2.34. The molecule has 4 rings (SSSR count). The summed E-state index contributed by atoms with van der Waals surface area (Å²) in [5, 5.41) is 13.4. The van der Waals surface area contributed by atoms with Gasteiger partial charge in [-0.25, -0.2) is 15.0 Å². The molecule has 0 radical (unpaired) electrons. The first-order chi connectivity index (χ1) is 15.6. The molecular weight excluding hydrogens is 471 g/mol. The van der Waals surface area contributed by atoms with Crippen LogP contribution >= 0.6 is 34.5 Å². The van der Waals surface area contributed by atoms with Gasteiger partial charge in [-0.2, -0.15) is 5.53 Å². The van der Waals surface area contributed by atoms with Crippen molar-refractivity contribution >= 4 is 52.5 Å². The third kappa shape index (κ3) is 5.70. The van der Waals surface area contributed by atoms with Gasteiger partial charge in [-0.15, -0.1) is 16.4 Å². The van der Waals surface area contributed by atoms with E-state index in [1.807, 2.05) is 11.4 Å². The second-order valence-electron chi connectivity index (χ2n) is 7.06. The standard InChI is InChI=1S/C20H20Cl2N8OS/c21-14-8-24-20(25-9-14)30-5-3-13(4-6-30)19-28-16(11-32-19)10-31-18-2-1-15(7-17(18)22)26-12-27-29-23/h1-2,7-9,11-13H,3-6,10H2,(H2,23,26,27). The average Bonchev–Trinajstić information content (AvgIpc) is 3.28. The van der Waals surface area contributed by atoms with E-state index in [0.717, 1.165) is 48.3 Å². The second-order valence-corrected chi connectivity index (χ2v) is 8.80. The number of halogens is 2. The minimum atomic E-state index is 0.347. The minimum absolute atomic E-state index is 0.347. The number of hydrogen-bond acceptors (Lipinski definition) is 8. The van der Waals surface area contributed by atoms with Crippen molar-refractivity contribution in [3.05, 3.63) is 56.7 Å². The number of hydrogen-bond donors (Lipinski definition) is 2. The zero-order valence-electron chi connectivity index (χ0n) is 16.9. The lowest BCUT2D eigenvalue weighted by atomic mass is 9.98. The van der Waals surface area contributed by atoms with Crippen molar-refractivity contribution in [2.24, 2.45) is 10.3 Å². The molecule has 1 aliphatic rings. The van der Waals surface area contributed by atoms with Gasteiger partial charge in [0.2, 0.25) is 5.95 Å². The van der Waals surface area contributed by atoms with Crippen LogP contribution in [0.3, 0.4) is 0 Å². The number of anilines is 2. The van der Waals surface area contributed by atoms with Crippen LogP contribution in [0.5, 0.6) is 5.75 Å². The summed E-state index contributed by atoms with van der Waals surface area (Å²) in [6.07, 6.45) is 6.56. The van der Waals surface area contributed by atoms with Crippen LogP contribution in [0, 0.1) is 5.53 Å².